The van der Waals surface area contributed by atoms with Crippen LogP contribution in [0.1, 0.15) is 15.9 Å². The molecule has 2 amide bonds. The number of sulfonamides is 1. The van der Waals surface area contributed by atoms with Gasteiger partial charge in [-0.2, -0.15) is 0 Å². The molecule has 0 bridgehead atoms. The molecule has 9 nitrogen and oxygen atoms in total. The van der Waals surface area contributed by atoms with E-state index < -0.39 is 28.4 Å². The molecule has 0 atom stereocenters. The second kappa shape index (κ2) is 10.3. The Morgan fingerprint density at radius 2 is 1.59 bits per heavy atom. The number of anilines is 2. The predicted molar refractivity (Wildman–Crippen MR) is 129 cm³/mol. The number of amides is 2. The average molecular weight is 484 g/mol. The molecule has 3 N–H and O–H groups in total. The Bertz CT molecular complexity index is 1290. The third-order valence-corrected chi connectivity index (χ3v) is 6.78. The quantitative estimate of drug-likeness (QED) is 0.482. The third kappa shape index (κ3) is 5.46. The van der Waals surface area contributed by atoms with Crippen LogP contribution in [0.4, 0.5) is 11.4 Å². The van der Waals surface area contributed by atoms with Crippen LogP contribution in [0.5, 0.6) is 11.5 Å². The normalized spacial score (nSPS) is 10.9. The van der Waals surface area contributed by atoms with Gasteiger partial charge in [-0.15, -0.1) is 0 Å². The molecule has 0 radical (unpaired) electrons. The SMILES string of the molecule is COc1ccc(N(CC(=O)Nc2ccc(C(N)=O)cc2)S(=O)(=O)c2cc(C)ccc2OC)cc1. The van der Waals surface area contributed by atoms with Crippen molar-refractivity contribution in [2.45, 2.75) is 11.8 Å². The molecule has 0 aromatic heterocycles. The Balaban J connectivity index is 1.97. The lowest BCUT2D eigenvalue weighted by Crippen LogP contribution is -2.38. The molecule has 3 aromatic rings. The van der Waals surface area contributed by atoms with Crippen molar-refractivity contribution in [1.29, 1.82) is 0 Å². The molecule has 0 aliphatic carbocycles. The van der Waals surface area contributed by atoms with Gasteiger partial charge < -0.3 is 20.5 Å². The van der Waals surface area contributed by atoms with E-state index >= 15 is 0 Å². The van der Waals surface area contributed by atoms with Crippen LogP contribution in [0.25, 0.3) is 0 Å². The lowest BCUT2D eigenvalue weighted by atomic mass is 10.2. The number of carbonyl (C=O) groups excluding carboxylic acids is 2. The van der Waals surface area contributed by atoms with E-state index in [9.17, 15) is 18.0 Å². The van der Waals surface area contributed by atoms with Gasteiger partial charge in [-0.3, -0.25) is 13.9 Å². The van der Waals surface area contributed by atoms with Crippen molar-refractivity contribution in [1.82, 2.24) is 0 Å². The first-order chi connectivity index (χ1) is 16.1. The maximum atomic E-state index is 13.7. The average Bonchev–Trinajstić information content (AvgIpc) is 2.83. The van der Waals surface area contributed by atoms with Crippen LogP contribution >= 0.6 is 0 Å². The number of carbonyl (C=O) groups is 2. The number of primary amides is 1. The van der Waals surface area contributed by atoms with E-state index in [4.69, 9.17) is 15.2 Å². The van der Waals surface area contributed by atoms with E-state index in [2.05, 4.69) is 5.32 Å². The summed E-state index contributed by atoms with van der Waals surface area (Å²) < 4.78 is 38.9. The first-order valence-corrected chi connectivity index (χ1v) is 11.6. The highest BCUT2D eigenvalue weighted by atomic mass is 32.2. The van der Waals surface area contributed by atoms with Crippen LogP contribution in [-0.4, -0.2) is 41.0 Å². The van der Waals surface area contributed by atoms with Crippen molar-refractivity contribution in [2.24, 2.45) is 5.73 Å². The van der Waals surface area contributed by atoms with Gasteiger partial charge >= 0.3 is 0 Å². The van der Waals surface area contributed by atoms with Crippen LogP contribution in [-0.2, 0) is 14.8 Å². The van der Waals surface area contributed by atoms with Crippen molar-refractivity contribution >= 4 is 33.2 Å². The summed E-state index contributed by atoms with van der Waals surface area (Å²) in [5, 5.41) is 2.64. The molecule has 3 rings (SSSR count). The number of nitrogens with zero attached hydrogens (tertiary/aromatic N) is 1. The number of aryl methyl sites for hydroxylation is 1. The van der Waals surface area contributed by atoms with Gasteiger partial charge in [0.05, 0.1) is 19.9 Å². The highest BCUT2D eigenvalue weighted by Crippen LogP contribution is 2.31. The van der Waals surface area contributed by atoms with Gasteiger partial charge in [-0.1, -0.05) is 6.07 Å². The second-order valence-electron chi connectivity index (χ2n) is 7.35. The maximum Gasteiger partial charge on any atom is 0.268 e. The van der Waals surface area contributed by atoms with Crippen molar-refractivity contribution in [2.75, 3.05) is 30.4 Å². The van der Waals surface area contributed by atoms with Crippen molar-refractivity contribution in [3.05, 3.63) is 77.9 Å². The predicted octanol–water partition coefficient (Wildman–Crippen LogP) is 2.95. The number of hydrogen-bond donors (Lipinski definition) is 2. The summed E-state index contributed by atoms with van der Waals surface area (Å²) in [6.07, 6.45) is 0. The molecule has 10 heteroatoms. The summed E-state index contributed by atoms with van der Waals surface area (Å²) in [5.41, 5.74) is 6.89. The van der Waals surface area contributed by atoms with E-state index in [0.717, 1.165) is 4.31 Å². The third-order valence-electron chi connectivity index (χ3n) is 4.99. The Morgan fingerprint density at radius 3 is 2.15 bits per heavy atom. The van der Waals surface area contributed by atoms with Crippen molar-refractivity contribution in [3.63, 3.8) is 0 Å². The van der Waals surface area contributed by atoms with Crippen molar-refractivity contribution in [3.8, 4) is 11.5 Å². The Labute approximate surface area is 198 Å². The molecule has 0 saturated heterocycles. The van der Waals surface area contributed by atoms with Gasteiger partial charge in [0, 0.05) is 11.3 Å². The fourth-order valence-electron chi connectivity index (χ4n) is 3.22. The van der Waals surface area contributed by atoms with Crippen molar-refractivity contribution < 1.29 is 27.5 Å². The van der Waals surface area contributed by atoms with Crippen LogP contribution in [0.2, 0.25) is 0 Å². The van der Waals surface area contributed by atoms with Gasteiger partial charge in [-0.25, -0.2) is 8.42 Å². The van der Waals surface area contributed by atoms with Gasteiger partial charge in [-0.05, 0) is 73.2 Å². The lowest BCUT2D eigenvalue weighted by molar-refractivity contribution is -0.114. The molecular formula is C24H25N3O6S. The number of methoxy groups -OCH3 is 2. The summed E-state index contributed by atoms with van der Waals surface area (Å²) in [5.74, 6) is -0.487. The fraction of sp³-hybridized carbons (Fsp3) is 0.167. The fourth-order valence-corrected chi connectivity index (χ4v) is 4.88. The van der Waals surface area contributed by atoms with Crippen LogP contribution in [0.3, 0.4) is 0 Å². The molecule has 0 saturated carbocycles. The first-order valence-electron chi connectivity index (χ1n) is 10.2. The second-order valence-corrected chi connectivity index (χ2v) is 9.18. The monoisotopic (exact) mass is 483 g/mol. The topological polar surface area (TPSA) is 128 Å². The number of nitrogens with one attached hydrogen (secondary N) is 1. The minimum atomic E-state index is -4.20. The zero-order valence-corrected chi connectivity index (χ0v) is 19.8. The van der Waals surface area contributed by atoms with Crippen LogP contribution < -0.4 is 24.8 Å². The zero-order valence-electron chi connectivity index (χ0n) is 18.9. The highest BCUT2D eigenvalue weighted by Gasteiger charge is 2.30. The molecule has 0 heterocycles. The molecule has 178 valence electrons. The summed E-state index contributed by atoms with van der Waals surface area (Å²) in [7, 11) is -1.32. The van der Waals surface area contributed by atoms with E-state index in [1.54, 1.807) is 43.3 Å². The molecular weight excluding hydrogens is 458 g/mol. The summed E-state index contributed by atoms with van der Waals surface area (Å²) in [6.45, 7) is 1.25. The highest BCUT2D eigenvalue weighted by molar-refractivity contribution is 7.93. The minimum absolute atomic E-state index is 0.0653. The van der Waals surface area contributed by atoms with Crippen LogP contribution in [0, 0.1) is 6.92 Å². The van der Waals surface area contributed by atoms with E-state index in [0.29, 0.717) is 17.0 Å². The largest absolute Gasteiger partial charge is 0.497 e. The number of benzene rings is 3. The molecule has 0 fully saturated rings. The van der Waals surface area contributed by atoms with Gasteiger partial charge in [0.1, 0.15) is 22.9 Å². The number of rotatable bonds is 9. The van der Waals surface area contributed by atoms with Crippen LogP contribution in [0.15, 0.2) is 71.6 Å². The Kier molecular flexibility index (Phi) is 7.42. The molecule has 0 aliphatic heterocycles. The summed E-state index contributed by atoms with van der Waals surface area (Å²) >= 11 is 0. The smallest absolute Gasteiger partial charge is 0.268 e. The minimum Gasteiger partial charge on any atom is -0.497 e. The maximum absolute atomic E-state index is 13.7. The van der Waals surface area contributed by atoms with E-state index in [-0.39, 0.29) is 21.9 Å². The Hall–Kier alpha value is -4.05. The molecule has 34 heavy (non-hydrogen) atoms. The number of nitrogens with two attached hydrogens (primary N) is 1. The Morgan fingerprint density at radius 1 is 0.941 bits per heavy atom. The molecule has 0 spiro atoms. The number of ether oxygens (including phenoxy) is 2. The van der Waals surface area contributed by atoms with E-state index in [1.807, 2.05) is 0 Å². The zero-order chi connectivity index (χ0) is 24.9. The van der Waals surface area contributed by atoms with Gasteiger partial charge in [0.25, 0.3) is 10.0 Å². The summed E-state index contributed by atoms with van der Waals surface area (Å²) in [6, 6.07) is 17.0. The number of hydrogen-bond acceptors (Lipinski definition) is 6. The van der Waals surface area contributed by atoms with E-state index in [1.165, 1.54) is 44.6 Å². The first kappa shape index (κ1) is 24.6. The van der Waals surface area contributed by atoms with Gasteiger partial charge in [0.15, 0.2) is 0 Å². The summed E-state index contributed by atoms with van der Waals surface area (Å²) in [4.78, 5) is 24.1. The molecule has 0 unspecified atom stereocenters. The molecule has 3 aromatic carbocycles. The lowest BCUT2D eigenvalue weighted by Gasteiger charge is -2.25. The van der Waals surface area contributed by atoms with Gasteiger partial charge in [0.2, 0.25) is 11.8 Å². The standard InChI is InChI=1S/C24H25N3O6S/c1-16-4-13-21(33-3)22(14-16)34(30,31)27(19-9-11-20(32-2)12-10-19)15-23(28)26-18-7-5-17(6-8-18)24(25)29/h4-14H,15H2,1-3H3,(H2,25,29)(H,26,28). The molecule has 0 aliphatic rings.